The molecule has 16 heavy (non-hydrogen) atoms. The van der Waals surface area contributed by atoms with Crippen molar-refractivity contribution >= 4 is 17.6 Å². The standard InChI is InChI=1S/C11H10ClFO3/c12-6-4-7(9(14)8(13)5-6)11(10(15)16)2-1-3-11/h4-5,14H,1-3H2,(H,15,16). The molecule has 0 amide bonds. The van der Waals surface area contributed by atoms with Crippen molar-refractivity contribution in [2.24, 2.45) is 0 Å². The Bertz CT molecular complexity index is 455. The quantitative estimate of drug-likeness (QED) is 0.841. The first-order chi connectivity index (χ1) is 7.47. The summed E-state index contributed by atoms with van der Waals surface area (Å²) in [6.07, 6.45) is 1.55. The average molecular weight is 245 g/mol. The number of rotatable bonds is 2. The first kappa shape index (κ1) is 11.2. The van der Waals surface area contributed by atoms with Crippen LogP contribution in [0.1, 0.15) is 24.8 Å². The maximum absolute atomic E-state index is 13.3. The van der Waals surface area contributed by atoms with Gasteiger partial charge in [0.15, 0.2) is 11.6 Å². The van der Waals surface area contributed by atoms with E-state index < -0.39 is 23.0 Å². The Morgan fingerprint density at radius 2 is 2.06 bits per heavy atom. The SMILES string of the molecule is O=C(O)C1(c2cc(Cl)cc(F)c2O)CCC1. The van der Waals surface area contributed by atoms with Crippen molar-refractivity contribution in [2.45, 2.75) is 24.7 Å². The van der Waals surface area contributed by atoms with Gasteiger partial charge in [-0.25, -0.2) is 4.39 Å². The summed E-state index contributed by atoms with van der Waals surface area (Å²) in [5.41, 5.74) is -1.09. The highest BCUT2D eigenvalue weighted by atomic mass is 35.5. The van der Waals surface area contributed by atoms with Crippen molar-refractivity contribution in [2.75, 3.05) is 0 Å². The van der Waals surface area contributed by atoms with E-state index in [2.05, 4.69) is 0 Å². The summed E-state index contributed by atoms with van der Waals surface area (Å²) in [7, 11) is 0. The van der Waals surface area contributed by atoms with Gasteiger partial charge in [0.25, 0.3) is 0 Å². The summed E-state index contributed by atoms with van der Waals surface area (Å²) < 4.78 is 13.3. The van der Waals surface area contributed by atoms with Gasteiger partial charge >= 0.3 is 5.97 Å². The van der Waals surface area contributed by atoms with Gasteiger partial charge in [-0.3, -0.25) is 4.79 Å². The van der Waals surface area contributed by atoms with Crippen LogP contribution in [0, 0.1) is 5.82 Å². The minimum absolute atomic E-state index is 0.0799. The molecule has 1 fully saturated rings. The fourth-order valence-electron chi connectivity index (χ4n) is 2.06. The molecule has 1 aromatic carbocycles. The Balaban J connectivity index is 2.59. The summed E-state index contributed by atoms with van der Waals surface area (Å²) in [6.45, 7) is 0. The Morgan fingerprint density at radius 1 is 1.44 bits per heavy atom. The number of aliphatic carboxylic acids is 1. The van der Waals surface area contributed by atoms with E-state index in [0.29, 0.717) is 12.8 Å². The second-order valence-electron chi connectivity index (χ2n) is 4.02. The number of aromatic hydroxyl groups is 1. The molecule has 0 atom stereocenters. The van der Waals surface area contributed by atoms with Crippen LogP contribution in [0.15, 0.2) is 12.1 Å². The minimum Gasteiger partial charge on any atom is -0.505 e. The van der Waals surface area contributed by atoms with Gasteiger partial charge < -0.3 is 10.2 Å². The molecular weight excluding hydrogens is 235 g/mol. The van der Waals surface area contributed by atoms with Crippen LogP contribution in [0.3, 0.4) is 0 Å². The zero-order chi connectivity index (χ0) is 11.9. The molecule has 3 nitrogen and oxygen atoms in total. The first-order valence-electron chi connectivity index (χ1n) is 4.89. The molecule has 0 spiro atoms. The Morgan fingerprint density at radius 3 is 2.50 bits per heavy atom. The Kier molecular flexibility index (Phi) is 2.54. The highest BCUT2D eigenvalue weighted by molar-refractivity contribution is 6.30. The van der Waals surface area contributed by atoms with E-state index in [4.69, 9.17) is 16.7 Å². The predicted molar refractivity (Wildman–Crippen MR) is 56.2 cm³/mol. The fourth-order valence-corrected chi connectivity index (χ4v) is 2.26. The van der Waals surface area contributed by atoms with Gasteiger partial charge in [0, 0.05) is 10.6 Å². The monoisotopic (exact) mass is 244 g/mol. The lowest BCUT2D eigenvalue weighted by Gasteiger charge is -2.38. The molecule has 1 aliphatic rings. The molecule has 5 heteroatoms. The lowest BCUT2D eigenvalue weighted by Crippen LogP contribution is -2.42. The van der Waals surface area contributed by atoms with Crippen molar-refractivity contribution < 1.29 is 19.4 Å². The number of benzene rings is 1. The van der Waals surface area contributed by atoms with Gasteiger partial charge in [0.1, 0.15) is 0 Å². The van der Waals surface area contributed by atoms with E-state index in [1.807, 2.05) is 0 Å². The van der Waals surface area contributed by atoms with Crippen LogP contribution in [0.4, 0.5) is 4.39 Å². The molecule has 1 aromatic rings. The van der Waals surface area contributed by atoms with Crippen molar-refractivity contribution in [3.63, 3.8) is 0 Å². The van der Waals surface area contributed by atoms with E-state index >= 15 is 0 Å². The topological polar surface area (TPSA) is 57.5 Å². The van der Waals surface area contributed by atoms with Gasteiger partial charge in [-0.05, 0) is 25.0 Å². The van der Waals surface area contributed by atoms with E-state index in [-0.39, 0.29) is 10.6 Å². The molecule has 86 valence electrons. The van der Waals surface area contributed by atoms with Crippen LogP contribution < -0.4 is 0 Å². The van der Waals surface area contributed by atoms with Gasteiger partial charge in [0.2, 0.25) is 0 Å². The molecule has 0 aromatic heterocycles. The van der Waals surface area contributed by atoms with Crippen LogP contribution >= 0.6 is 11.6 Å². The minimum atomic E-state index is -1.17. The lowest BCUT2D eigenvalue weighted by atomic mass is 9.64. The van der Waals surface area contributed by atoms with Crippen molar-refractivity contribution in [1.29, 1.82) is 0 Å². The second kappa shape index (κ2) is 3.63. The predicted octanol–water partition coefficient (Wildman–Crippen LogP) is 2.69. The van der Waals surface area contributed by atoms with Gasteiger partial charge in [0.05, 0.1) is 5.41 Å². The van der Waals surface area contributed by atoms with E-state index in [0.717, 1.165) is 12.5 Å². The lowest BCUT2D eigenvalue weighted by molar-refractivity contribution is -0.147. The number of hydrogen-bond acceptors (Lipinski definition) is 2. The molecule has 0 radical (unpaired) electrons. The second-order valence-corrected chi connectivity index (χ2v) is 4.46. The van der Waals surface area contributed by atoms with E-state index in [1.54, 1.807) is 0 Å². The van der Waals surface area contributed by atoms with Crippen molar-refractivity contribution in [1.82, 2.24) is 0 Å². The number of halogens is 2. The smallest absolute Gasteiger partial charge is 0.314 e. The fraction of sp³-hybridized carbons (Fsp3) is 0.364. The zero-order valence-corrected chi connectivity index (χ0v) is 9.09. The van der Waals surface area contributed by atoms with Crippen LogP contribution in [0.5, 0.6) is 5.75 Å². The van der Waals surface area contributed by atoms with Gasteiger partial charge in [-0.15, -0.1) is 0 Å². The summed E-state index contributed by atoms with van der Waals surface area (Å²) in [5, 5.41) is 18.8. The Labute approximate surface area is 96.5 Å². The zero-order valence-electron chi connectivity index (χ0n) is 8.33. The number of hydrogen-bond donors (Lipinski definition) is 2. The number of carboxylic acid groups (broad SMARTS) is 1. The largest absolute Gasteiger partial charge is 0.505 e. The first-order valence-corrected chi connectivity index (χ1v) is 5.27. The molecule has 0 aliphatic heterocycles. The highest BCUT2D eigenvalue weighted by Gasteiger charge is 2.48. The molecule has 0 saturated heterocycles. The number of carbonyl (C=O) groups is 1. The molecule has 1 saturated carbocycles. The normalized spacial score (nSPS) is 17.9. The summed E-state index contributed by atoms with van der Waals surface area (Å²) in [4.78, 5) is 11.2. The molecular formula is C11H10ClFO3. The molecule has 2 rings (SSSR count). The molecule has 1 aliphatic carbocycles. The number of carboxylic acids is 1. The van der Waals surface area contributed by atoms with Crippen molar-refractivity contribution in [3.8, 4) is 5.75 Å². The highest BCUT2D eigenvalue weighted by Crippen LogP contribution is 2.48. The Hall–Kier alpha value is -1.29. The maximum atomic E-state index is 13.3. The molecule has 0 heterocycles. The molecule has 2 N–H and O–H groups in total. The van der Waals surface area contributed by atoms with E-state index in [1.165, 1.54) is 6.07 Å². The summed E-state index contributed by atoms with van der Waals surface area (Å²) >= 11 is 5.67. The van der Waals surface area contributed by atoms with Crippen LogP contribution in [0.2, 0.25) is 5.02 Å². The average Bonchev–Trinajstić information content (AvgIpc) is 2.10. The van der Waals surface area contributed by atoms with Crippen LogP contribution in [-0.4, -0.2) is 16.2 Å². The maximum Gasteiger partial charge on any atom is 0.314 e. The third-order valence-electron chi connectivity index (χ3n) is 3.16. The third kappa shape index (κ3) is 1.45. The van der Waals surface area contributed by atoms with Gasteiger partial charge in [-0.2, -0.15) is 0 Å². The molecule has 0 unspecified atom stereocenters. The summed E-state index contributed by atoms with van der Waals surface area (Å²) in [6, 6.07) is 2.29. The number of phenolic OH excluding ortho intramolecular Hbond substituents is 1. The van der Waals surface area contributed by atoms with E-state index in [9.17, 15) is 14.3 Å². The van der Waals surface area contributed by atoms with Crippen LogP contribution in [0.25, 0.3) is 0 Å². The van der Waals surface area contributed by atoms with Gasteiger partial charge in [-0.1, -0.05) is 18.0 Å². The number of phenols is 1. The third-order valence-corrected chi connectivity index (χ3v) is 3.38. The summed E-state index contributed by atoms with van der Waals surface area (Å²) in [5.74, 6) is -2.53. The van der Waals surface area contributed by atoms with Crippen LogP contribution in [-0.2, 0) is 10.2 Å². The van der Waals surface area contributed by atoms with Crippen molar-refractivity contribution in [3.05, 3.63) is 28.5 Å². The molecule has 0 bridgehead atoms.